The second-order valence-corrected chi connectivity index (χ2v) is 4.08. The van der Waals surface area contributed by atoms with E-state index >= 15 is 0 Å². The van der Waals surface area contributed by atoms with Gasteiger partial charge >= 0.3 is 0 Å². The predicted molar refractivity (Wildman–Crippen MR) is 59.0 cm³/mol. The lowest BCUT2D eigenvalue weighted by Gasteiger charge is -2.05. The van der Waals surface area contributed by atoms with Crippen LogP contribution in [0.15, 0.2) is 22.8 Å². The molecule has 1 unspecified atom stereocenters. The summed E-state index contributed by atoms with van der Waals surface area (Å²) in [5.74, 6) is 0. The molecule has 3 nitrogen and oxygen atoms in total. The van der Waals surface area contributed by atoms with Crippen LogP contribution in [0.3, 0.4) is 0 Å². The maximum absolute atomic E-state index is 9.60. The smallest absolute Gasteiger partial charge is 0.136 e. The standard InChI is InChI=1S/C10H11BrN2O/c1-6(14)7-4-3-5-8-9(7)10(11)12-13(8)2/h3-6,14H,1-2H3. The van der Waals surface area contributed by atoms with Crippen LogP contribution in [0.2, 0.25) is 0 Å². The van der Waals surface area contributed by atoms with Crippen molar-refractivity contribution in [2.45, 2.75) is 13.0 Å². The average molecular weight is 255 g/mol. The van der Waals surface area contributed by atoms with Crippen LogP contribution in [-0.2, 0) is 7.05 Å². The Morgan fingerprint density at radius 1 is 1.50 bits per heavy atom. The highest BCUT2D eigenvalue weighted by molar-refractivity contribution is 9.10. The van der Waals surface area contributed by atoms with Gasteiger partial charge in [0.1, 0.15) is 4.60 Å². The van der Waals surface area contributed by atoms with Gasteiger partial charge in [-0.2, -0.15) is 5.10 Å². The van der Waals surface area contributed by atoms with Crippen molar-refractivity contribution >= 4 is 26.8 Å². The molecule has 1 N–H and O–H groups in total. The second-order valence-electron chi connectivity index (χ2n) is 3.33. The van der Waals surface area contributed by atoms with Crippen LogP contribution in [0.1, 0.15) is 18.6 Å². The molecule has 0 aliphatic carbocycles. The fourth-order valence-electron chi connectivity index (χ4n) is 1.64. The minimum atomic E-state index is -0.473. The summed E-state index contributed by atoms with van der Waals surface area (Å²) in [5, 5.41) is 14.8. The highest BCUT2D eigenvalue weighted by Crippen LogP contribution is 2.29. The number of fused-ring (bicyclic) bond motifs is 1. The molecule has 74 valence electrons. The van der Waals surface area contributed by atoms with Crippen LogP contribution >= 0.6 is 15.9 Å². The average Bonchev–Trinajstić information content (AvgIpc) is 2.43. The molecule has 0 saturated carbocycles. The van der Waals surface area contributed by atoms with Crippen molar-refractivity contribution in [2.75, 3.05) is 0 Å². The third kappa shape index (κ3) is 1.35. The van der Waals surface area contributed by atoms with Crippen molar-refractivity contribution < 1.29 is 5.11 Å². The molecule has 1 aromatic carbocycles. The zero-order chi connectivity index (χ0) is 10.3. The minimum Gasteiger partial charge on any atom is -0.389 e. The van der Waals surface area contributed by atoms with Crippen molar-refractivity contribution in [1.29, 1.82) is 0 Å². The fraction of sp³-hybridized carbons (Fsp3) is 0.300. The molecule has 1 heterocycles. The molecule has 0 spiro atoms. The van der Waals surface area contributed by atoms with Crippen molar-refractivity contribution in [3.63, 3.8) is 0 Å². The monoisotopic (exact) mass is 254 g/mol. The molecule has 1 aromatic heterocycles. The topological polar surface area (TPSA) is 38.1 Å². The van der Waals surface area contributed by atoms with Crippen molar-refractivity contribution in [3.8, 4) is 0 Å². The van der Waals surface area contributed by atoms with Gasteiger partial charge in [0.05, 0.1) is 11.6 Å². The second kappa shape index (κ2) is 3.37. The van der Waals surface area contributed by atoms with E-state index in [0.717, 1.165) is 21.1 Å². The molecule has 1 atom stereocenters. The van der Waals surface area contributed by atoms with E-state index in [1.54, 1.807) is 11.6 Å². The SMILES string of the molecule is CC(O)c1cccc2c1c(Br)nn2C. The van der Waals surface area contributed by atoms with Gasteiger partial charge in [0.2, 0.25) is 0 Å². The molecule has 2 aromatic rings. The minimum absolute atomic E-state index is 0.473. The van der Waals surface area contributed by atoms with Gasteiger partial charge in [-0.1, -0.05) is 12.1 Å². The van der Waals surface area contributed by atoms with E-state index < -0.39 is 6.10 Å². The van der Waals surface area contributed by atoms with Crippen LogP contribution in [0, 0.1) is 0 Å². The van der Waals surface area contributed by atoms with Gasteiger partial charge < -0.3 is 5.11 Å². The molecule has 0 aliphatic heterocycles. The van der Waals surface area contributed by atoms with E-state index in [0.29, 0.717) is 0 Å². The van der Waals surface area contributed by atoms with Crippen LogP contribution in [0.25, 0.3) is 10.9 Å². The van der Waals surface area contributed by atoms with Crippen LogP contribution in [0.5, 0.6) is 0 Å². The van der Waals surface area contributed by atoms with E-state index in [9.17, 15) is 5.11 Å². The summed E-state index contributed by atoms with van der Waals surface area (Å²) in [5.41, 5.74) is 1.93. The number of rotatable bonds is 1. The summed E-state index contributed by atoms with van der Waals surface area (Å²) in [6, 6.07) is 5.83. The number of aliphatic hydroxyl groups is 1. The first-order valence-electron chi connectivity index (χ1n) is 4.40. The summed E-state index contributed by atoms with van der Waals surface area (Å²) in [6.45, 7) is 1.76. The molecule has 0 aliphatic rings. The van der Waals surface area contributed by atoms with E-state index in [1.807, 2.05) is 25.2 Å². The van der Waals surface area contributed by atoms with Gasteiger partial charge in [0.25, 0.3) is 0 Å². The Hall–Kier alpha value is -0.870. The van der Waals surface area contributed by atoms with Gasteiger partial charge in [-0.15, -0.1) is 0 Å². The summed E-state index contributed by atoms with van der Waals surface area (Å²) in [6.07, 6.45) is -0.473. The van der Waals surface area contributed by atoms with Crippen molar-refractivity contribution in [1.82, 2.24) is 9.78 Å². The third-order valence-electron chi connectivity index (χ3n) is 2.32. The third-order valence-corrected chi connectivity index (χ3v) is 2.87. The molecule has 4 heteroatoms. The normalized spacial score (nSPS) is 13.4. The number of aryl methyl sites for hydroxylation is 1. The van der Waals surface area contributed by atoms with Crippen molar-refractivity contribution in [3.05, 3.63) is 28.4 Å². The van der Waals surface area contributed by atoms with E-state index in [2.05, 4.69) is 21.0 Å². The number of hydrogen-bond acceptors (Lipinski definition) is 2. The van der Waals surface area contributed by atoms with Gasteiger partial charge in [-0.05, 0) is 34.5 Å². The van der Waals surface area contributed by atoms with Gasteiger partial charge in [-0.25, -0.2) is 0 Å². The Balaban J connectivity index is 2.85. The quantitative estimate of drug-likeness (QED) is 0.849. The lowest BCUT2D eigenvalue weighted by atomic mass is 10.1. The molecule has 0 saturated heterocycles. The van der Waals surface area contributed by atoms with Gasteiger partial charge in [0.15, 0.2) is 0 Å². The van der Waals surface area contributed by atoms with E-state index in [-0.39, 0.29) is 0 Å². The van der Waals surface area contributed by atoms with Gasteiger partial charge in [-0.3, -0.25) is 4.68 Å². The molecule has 0 amide bonds. The number of hydrogen-bond donors (Lipinski definition) is 1. The Labute approximate surface area is 90.5 Å². The van der Waals surface area contributed by atoms with Gasteiger partial charge in [0, 0.05) is 12.4 Å². The first kappa shape index (κ1) is 9.68. The highest BCUT2D eigenvalue weighted by atomic mass is 79.9. The number of nitrogens with zero attached hydrogens (tertiary/aromatic N) is 2. The number of aliphatic hydroxyl groups excluding tert-OH is 1. The summed E-state index contributed by atoms with van der Waals surface area (Å²) < 4.78 is 2.58. The highest BCUT2D eigenvalue weighted by Gasteiger charge is 2.12. The maximum Gasteiger partial charge on any atom is 0.136 e. The number of benzene rings is 1. The largest absolute Gasteiger partial charge is 0.389 e. The summed E-state index contributed by atoms with van der Waals surface area (Å²) in [7, 11) is 1.89. The molecule has 2 rings (SSSR count). The Bertz CT molecular complexity index is 476. The lowest BCUT2D eigenvalue weighted by Crippen LogP contribution is -1.92. The first-order valence-corrected chi connectivity index (χ1v) is 5.19. The lowest BCUT2D eigenvalue weighted by molar-refractivity contribution is 0.201. The van der Waals surface area contributed by atoms with Crippen LogP contribution < -0.4 is 0 Å². The summed E-state index contributed by atoms with van der Waals surface area (Å²) in [4.78, 5) is 0. The molecule has 0 radical (unpaired) electrons. The Morgan fingerprint density at radius 3 is 2.86 bits per heavy atom. The Morgan fingerprint density at radius 2 is 2.21 bits per heavy atom. The fourth-order valence-corrected chi connectivity index (χ4v) is 2.31. The zero-order valence-corrected chi connectivity index (χ0v) is 9.62. The van der Waals surface area contributed by atoms with E-state index in [1.165, 1.54) is 0 Å². The predicted octanol–water partition coefficient (Wildman–Crippen LogP) is 2.39. The molecular formula is C10H11BrN2O. The number of halogens is 1. The number of aromatic nitrogens is 2. The Kier molecular flexibility index (Phi) is 2.33. The maximum atomic E-state index is 9.60. The molecule has 0 bridgehead atoms. The summed E-state index contributed by atoms with van der Waals surface area (Å²) >= 11 is 3.39. The molecular weight excluding hydrogens is 244 g/mol. The molecule has 0 fully saturated rings. The molecule has 14 heavy (non-hydrogen) atoms. The zero-order valence-electron chi connectivity index (χ0n) is 8.03. The van der Waals surface area contributed by atoms with Crippen molar-refractivity contribution in [2.24, 2.45) is 7.05 Å². The van der Waals surface area contributed by atoms with Crippen LogP contribution in [0.4, 0.5) is 0 Å². The first-order chi connectivity index (χ1) is 6.61. The van der Waals surface area contributed by atoms with E-state index in [4.69, 9.17) is 0 Å². The van der Waals surface area contributed by atoms with Crippen LogP contribution in [-0.4, -0.2) is 14.9 Å².